The molecule has 0 saturated carbocycles. The Labute approximate surface area is 163 Å². The fraction of sp³-hybridized carbons (Fsp3) is 0.333. The first-order valence-electron chi connectivity index (χ1n) is 9.60. The summed E-state index contributed by atoms with van der Waals surface area (Å²) >= 11 is 0. The van der Waals surface area contributed by atoms with Crippen LogP contribution in [0.25, 0.3) is 11.0 Å². The lowest BCUT2D eigenvalue weighted by molar-refractivity contribution is 0.180. The van der Waals surface area contributed by atoms with Crippen LogP contribution in [0.3, 0.4) is 0 Å². The van der Waals surface area contributed by atoms with Crippen LogP contribution < -0.4 is 10.9 Å². The van der Waals surface area contributed by atoms with E-state index < -0.39 is 0 Å². The second-order valence-corrected chi connectivity index (χ2v) is 7.01. The Morgan fingerprint density at radius 2 is 1.96 bits per heavy atom. The van der Waals surface area contributed by atoms with E-state index in [2.05, 4.69) is 22.4 Å². The first-order chi connectivity index (χ1) is 13.7. The van der Waals surface area contributed by atoms with E-state index >= 15 is 0 Å². The van der Waals surface area contributed by atoms with Gasteiger partial charge in [0.2, 0.25) is 0 Å². The van der Waals surface area contributed by atoms with Crippen LogP contribution in [0, 0.1) is 0 Å². The molecule has 4 heterocycles. The van der Waals surface area contributed by atoms with Crippen LogP contribution in [0.15, 0.2) is 59.7 Å². The number of amides is 2. The van der Waals surface area contributed by atoms with E-state index in [9.17, 15) is 9.59 Å². The maximum atomic E-state index is 12.4. The molecule has 1 aliphatic heterocycles. The Kier molecular flexibility index (Phi) is 5.32. The van der Waals surface area contributed by atoms with Crippen molar-refractivity contribution < 1.29 is 4.79 Å². The Morgan fingerprint density at radius 1 is 1.11 bits per heavy atom. The van der Waals surface area contributed by atoms with Crippen molar-refractivity contribution in [2.75, 3.05) is 19.6 Å². The number of aromatic nitrogens is 3. The lowest BCUT2D eigenvalue weighted by atomic mass is 9.93. The van der Waals surface area contributed by atoms with Gasteiger partial charge in [-0.05, 0) is 43.2 Å². The van der Waals surface area contributed by atoms with Crippen LogP contribution in [-0.2, 0) is 6.54 Å². The molecule has 0 aromatic carbocycles. The van der Waals surface area contributed by atoms with Crippen LogP contribution in [0.1, 0.15) is 24.5 Å². The Balaban J connectivity index is 1.29. The largest absolute Gasteiger partial charge is 0.336 e. The molecule has 0 radical (unpaired) electrons. The molecule has 0 bridgehead atoms. The van der Waals surface area contributed by atoms with E-state index in [1.54, 1.807) is 23.0 Å². The number of hydrogen-bond acceptors (Lipinski definition) is 4. The first kappa shape index (κ1) is 18.2. The maximum Gasteiger partial charge on any atom is 0.317 e. The van der Waals surface area contributed by atoms with Crippen molar-refractivity contribution in [2.45, 2.75) is 25.3 Å². The molecule has 2 amide bonds. The molecule has 0 spiro atoms. The summed E-state index contributed by atoms with van der Waals surface area (Å²) in [5.41, 5.74) is 1.76. The second kappa shape index (κ2) is 8.21. The maximum absolute atomic E-state index is 12.4. The molecule has 3 aromatic rings. The smallest absolute Gasteiger partial charge is 0.317 e. The van der Waals surface area contributed by atoms with Crippen LogP contribution in [0.2, 0.25) is 0 Å². The number of hydrogen-bond donors (Lipinski definition) is 1. The van der Waals surface area contributed by atoms with Gasteiger partial charge in [0.1, 0.15) is 0 Å². The lowest BCUT2D eigenvalue weighted by Crippen LogP contribution is -2.45. The molecule has 0 unspecified atom stereocenters. The molecule has 1 fully saturated rings. The number of nitrogens with zero attached hydrogens (tertiary/aromatic N) is 4. The molecule has 1 saturated heterocycles. The quantitative estimate of drug-likeness (QED) is 0.757. The third kappa shape index (κ3) is 4.03. The summed E-state index contributed by atoms with van der Waals surface area (Å²) in [6.45, 7) is 2.30. The molecule has 0 atom stereocenters. The highest BCUT2D eigenvalue weighted by Gasteiger charge is 2.24. The number of carbonyl (C=O) groups is 1. The standard InChI is InChI=1S/C21H23N5O2/c27-19-5-1-2-12-25(19)15-11-23-21(28)26-13-8-16(9-14-26)18-7-6-17-4-3-10-22-20(17)24-18/h1-7,10,12,16H,8-9,11,13-15H2,(H,23,28). The van der Waals surface area contributed by atoms with Crippen molar-refractivity contribution in [3.8, 4) is 0 Å². The van der Waals surface area contributed by atoms with Crippen molar-refractivity contribution in [2.24, 2.45) is 0 Å². The van der Waals surface area contributed by atoms with Crippen molar-refractivity contribution in [3.63, 3.8) is 0 Å². The van der Waals surface area contributed by atoms with E-state index in [0.717, 1.165) is 29.6 Å². The fourth-order valence-corrected chi connectivity index (χ4v) is 3.61. The van der Waals surface area contributed by atoms with E-state index in [0.29, 0.717) is 32.1 Å². The molecule has 28 heavy (non-hydrogen) atoms. The minimum atomic E-state index is -0.0735. The zero-order chi connectivity index (χ0) is 19.3. The number of pyridine rings is 3. The second-order valence-electron chi connectivity index (χ2n) is 7.01. The number of rotatable bonds is 4. The van der Waals surface area contributed by atoms with Crippen LogP contribution in [-0.4, -0.2) is 45.1 Å². The van der Waals surface area contributed by atoms with E-state index in [4.69, 9.17) is 4.98 Å². The molecule has 7 heteroatoms. The molecule has 3 aromatic heterocycles. The van der Waals surface area contributed by atoms with Gasteiger partial charge in [-0.3, -0.25) is 4.79 Å². The van der Waals surface area contributed by atoms with Crippen LogP contribution in [0.5, 0.6) is 0 Å². The predicted octanol–water partition coefficient (Wildman–Crippen LogP) is 2.38. The summed E-state index contributed by atoms with van der Waals surface area (Å²) in [6.07, 6.45) is 5.26. The van der Waals surface area contributed by atoms with E-state index in [1.165, 1.54) is 6.07 Å². The zero-order valence-electron chi connectivity index (χ0n) is 15.6. The third-order valence-corrected chi connectivity index (χ3v) is 5.21. The summed E-state index contributed by atoms with van der Waals surface area (Å²) < 4.78 is 1.59. The molecule has 1 N–H and O–H groups in total. The average molecular weight is 377 g/mol. The normalized spacial score (nSPS) is 14.9. The Morgan fingerprint density at radius 3 is 2.79 bits per heavy atom. The molecule has 144 valence electrons. The summed E-state index contributed by atoms with van der Waals surface area (Å²) in [7, 11) is 0. The summed E-state index contributed by atoms with van der Waals surface area (Å²) in [5, 5.41) is 3.95. The highest BCUT2D eigenvalue weighted by molar-refractivity contribution is 5.75. The van der Waals surface area contributed by atoms with Gasteiger partial charge in [-0.1, -0.05) is 6.07 Å². The zero-order valence-corrected chi connectivity index (χ0v) is 15.6. The molecular weight excluding hydrogens is 354 g/mol. The Bertz CT molecular complexity index is 1020. The number of nitrogens with one attached hydrogen (secondary N) is 1. The van der Waals surface area contributed by atoms with E-state index in [-0.39, 0.29) is 11.6 Å². The average Bonchev–Trinajstić information content (AvgIpc) is 2.75. The molecular formula is C21H23N5O2. The van der Waals surface area contributed by atoms with Gasteiger partial charge in [0.15, 0.2) is 5.65 Å². The van der Waals surface area contributed by atoms with Gasteiger partial charge in [0, 0.05) is 61.6 Å². The molecule has 1 aliphatic rings. The van der Waals surface area contributed by atoms with Crippen molar-refractivity contribution in [1.29, 1.82) is 0 Å². The van der Waals surface area contributed by atoms with Gasteiger partial charge in [-0.25, -0.2) is 14.8 Å². The van der Waals surface area contributed by atoms with Crippen molar-refractivity contribution in [1.82, 2.24) is 24.8 Å². The van der Waals surface area contributed by atoms with Gasteiger partial charge >= 0.3 is 6.03 Å². The summed E-state index contributed by atoms with van der Waals surface area (Å²) in [6, 6.07) is 13.0. The van der Waals surface area contributed by atoms with Gasteiger partial charge < -0.3 is 14.8 Å². The fourth-order valence-electron chi connectivity index (χ4n) is 3.61. The lowest BCUT2D eigenvalue weighted by Gasteiger charge is -2.31. The highest BCUT2D eigenvalue weighted by atomic mass is 16.2. The summed E-state index contributed by atoms with van der Waals surface area (Å²) in [4.78, 5) is 34.9. The van der Waals surface area contributed by atoms with Gasteiger partial charge in [0.05, 0.1) is 0 Å². The van der Waals surface area contributed by atoms with Crippen molar-refractivity contribution >= 4 is 17.1 Å². The van der Waals surface area contributed by atoms with E-state index in [1.807, 2.05) is 23.1 Å². The SMILES string of the molecule is O=C(NCCn1ccccc1=O)N1CCC(c2ccc3cccnc3n2)CC1. The number of likely N-dealkylation sites (tertiary alicyclic amines) is 1. The highest BCUT2D eigenvalue weighted by Crippen LogP contribution is 2.27. The number of urea groups is 1. The topological polar surface area (TPSA) is 80.1 Å². The molecule has 0 aliphatic carbocycles. The number of piperidine rings is 1. The third-order valence-electron chi connectivity index (χ3n) is 5.21. The van der Waals surface area contributed by atoms with Gasteiger partial charge in [-0.2, -0.15) is 0 Å². The molecule has 7 nitrogen and oxygen atoms in total. The minimum Gasteiger partial charge on any atom is -0.336 e. The first-order valence-corrected chi connectivity index (χ1v) is 9.60. The molecule has 4 rings (SSSR count). The van der Waals surface area contributed by atoms with Crippen molar-refractivity contribution in [3.05, 3.63) is 70.9 Å². The van der Waals surface area contributed by atoms with Gasteiger partial charge in [0.25, 0.3) is 5.56 Å². The number of carbonyl (C=O) groups excluding carboxylic acids is 1. The minimum absolute atomic E-state index is 0.0602. The summed E-state index contributed by atoms with van der Waals surface area (Å²) in [5.74, 6) is 0.346. The monoisotopic (exact) mass is 377 g/mol. The predicted molar refractivity (Wildman–Crippen MR) is 107 cm³/mol. The van der Waals surface area contributed by atoms with Crippen LogP contribution >= 0.6 is 0 Å². The Hall–Kier alpha value is -3.22. The van der Waals surface area contributed by atoms with Gasteiger partial charge in [-0.15, -0.1) is 0 Å². The number of fused-ring (bicyclic) bond motifs is 1. The van der Waals surface area contributed by atoms with Crippen LogP contribution in [0.4, 0.5) is 4.79 Å².